The summed E-state index contributed by atoms with van der Waals surface area (Å²) in [5.41, 5.74) is 0.828. The van der Waals surface area contributed by atoms with E-state index in [2.05, 4.69) is 15.9 Å². The monoisotopic (exact) mass is 355 g/mol. The molecule has 0 spiro atoms. The van der Waals surface area contributed by atoms with Crippen molar-refractivity contribution in [1.82, 2.24) is 4.90 Å². The van der Waals surface area contributed by atoms with Crippen LogP contribution in [0.4, 0.5) is 0 Å². The minimum atomic E-state index is -0.870. The maximum absolute atomic E-state index is 12.2. The number of rotatable bonds is 5. The zero-order valence-electron chi connectivity index (χ0n) is 11.8. The highest BCUT2D eigenvalue weighted by molar-refractivity contribution is 9.10. The average Bonchev–Trinajstić information content (AvgIpc) is 2.46. The van der Waals surface area contributed by atoms with E-state index in [1.165, 1.54) is 0 Å². The Morgan fingerprint density at radius 1 is 1.48 bits per heavy atom. The number of amides is 1. The lowest BCUT2D eigenvalue weighted by atomic mass is 9.84. The van der Waals surface area contributed by atoms with Gasteiger partial charge in [0, 0.05) is 24.5 Å². The lowest BCUT2D eigenvalue weighted by Gasteiger charge is -2.40. The van der Waals surface area contributed by atoms with E-state index < -0.39 is 17.9 Å². The number of methoxy groups -OCH3 is 1. The van der Waals surface area contributed by atoms with Crippen molar-refractivity contribution in [3.63, 3.8) is 0 Å². The molecular weight excluding hydrogens is 338 g/mol. The van der Waals surface area contributed by atoms with E-state index in [0.717, 1.165) is 10.0 Å². The highest BCUT2D eigenvalue weighted by atomic mass is 79.9. The summed E-state index contributed by atoms with van der Waals surface area (Å²) in [5.74, 6) is -1.49. The lowest BCUT2D eigenvalue weighted by molar-refractivity contribution is -0.152. The fraction of sp³-hybridized carbons (Fsp3) is 0.467. The van der Waals surface area contributed by atoms with Crippen LogP contribution in [0.2, 0.25) is 0 Å². The summed E-state index contributed by atoms with van der Waals surface area (Å²) in [6.07, 6.45) is 0.630. The molecular formula is C15H18BrNO4. The number of carboxylic acid groups (broad SMARTS) is 1. The molecule has 5 nitrogen and oxygen atoms in total. The van der Waals surface area contributed by atoms with E-state index >= 15 is 0 Å². The van der Waals surface area contributed by atoms with Crippen LogP contribution in [-0.2, 0) is 14.3 Å². The summed E-state index contributed by atoms with van der Waals surface area (Å²) in [6, 6.07) is 6.99. The molecule has 114 valence electrons. The van der Waals surface area contributed by atoms with Crippen LogP contribution in [0.15, 0.2) is 28.7 Å². The molecule has 1 saturated heterocycles. The third-order valence-electron chi connectivity index (χ3n) is 3.78. The van der Waals surface area contributed by atoms with Crippen molar-refractivity contribution in [2.45, 2.75) is 18.9 Å². The molecule has 6 heteroatoms. The molecule has 0 saturated carbocycles. The first-order valence-corrected chi connectivity index (χ1v) is 7.61. The highest BCUT2D eigenvalue weighted by Gasteiger charge is 2.41. The number of nitrogens with zero attached hydrogens (tertiary/aromatic N) is 1. The number of carbonyl (C=O) groups excluding carboxylic acids is 1. The third kappa shape index (κ3) is 3.44. The average molecular weight is 356 g/mol. The second-order valence-electron chi connectivity index (χ2n) is 5.03. The van der Waals surface area contributed by atoms with Gasteiger partial charge >= 0.3 is 5.97 Å². The fourth-order valence-electron chi connectivity index (χ4n) is 2.76. The number of benzene rings is 1. The molecule has 1 N–H and O–H groups in total. The Kier molecular flexibility index (Phi) is 5.36. The summed E-state index contributed by atoms with van der Waals surface area (Å²) < 4.78 is 5.87. The van der Waals surface area contributed by atoms with Crippen LogP contribution in [0.25, 0.3) is 0 Å². The number of likely N-dealkylation sites (tertiary alicyclic amines) is 1. The van der Waals surface area contributed by atoms with Crippen LogP contribution >= 0.6 is 15.9 Å². The molecule has 1 aromatic carbocycles. The van der Waals surface area contributed by atoms with Crippen LogP contribution in [0.3, 0.4) is 0 Å². The van der Waals surface area contributed by atoms with Gasteiger partial charge in [0.1, 0.15) is 0 Å². The minimum absolute atomic E-state index is 0.0229. The Balaban J connectivity index is 2.41. The topological polar surface area (TPSA) is 66.8 Å². The maximum Gasteiger partial charge on any atom is 0.308 e. The van der Waals surface area contributed by atoms with E-state index in [9.17, 15) is 14.7 Å². The van der Waals surface area contributed by atoms with Gasteiger partial charge in [-0.15, -0.1) is 0 Å². The highest BCUT2D eigenvalue weighted by Crippen LogP contribution is 2.39. The molecule has 0 aliphatic carbocycles. The van der Waals surface area contributed by atoms with Gasteiger partial charge in [-0.05, 0) is 18.1 Å². The first-order valence-electron chi connectivity index (χ1n) is 6.82. The first-order chi connectivity index (χ1) is 10.1. The van der Waals surface area contributed by atoms with Gasteiger partial charge in [-0.3, -0.25) is 9.59 Å². The molecule has 1 heterocycles. The van der Waals surface area contributed by atoms with Crippen LogP contribution < -0.4 is 0 Å². The Morgan fingerprint density at radius 2 is 2.19 bits per heavy atom. The molecule has 2 atom stereocenters. The van der Waals surface area contributed by atoms with Crippen molar-refractivity contribution in [3.8, 4) is 0 Å². The predicted octanol–water partition coefficient (Wildman–Crippen LogP) is 2.46. The van der Waals surface area contributed by atoms with Gasteiger partial charge in [-0.25, -0.2) is 0 Å². The molecule has 0 bridgehead atoms. The molecule has 1 fully saturated rings. The molecule has 2 unspecified atom stereocenters. The fourth-order valence-corrected chi connectivity index (χ4v) is 3.28. The Morgan fingerprint density at radius 3 is 2.81 bits per heavy atom. The zero-order chi connectivity index (χ0) is 15.4. The van der Waals surface area contributed by atoms with Gasteiger partial charge in [-0.1, -0.05) is 34.1 Å². The van der Waals surface area contributed by atoms with Crippen molar-refractivity contribution in [2.24, 2.45) is 5.92 Å². The Hall–Kier alpha value is -1.40. The second kappa shape index (κ2) is 7.04. The molecule has 21 heavy (non-hydrogen) atoms. The van der Waals surface area contributed by atoms with E-state index in [0.29, 0.717) is 19.6 Å². The van der Waals surface area contributed by atoms with Gasteiger partial charge < -0.3 is 14.7 Å². The number of hydrogen-bond donors (Lipinski definition) is 1. The van der Waals surface area contributed by atoms with Gasteiger partial charge in [0.2, 0.25) is 5.91 Å². The SMILES string of the molecule is COCCN1C(=O)CCC(C(=O)O)C1c1ccccc1Br. The molecule has 1 aromatic rings. The van der Waals surface area contributed by atoms with Crippen molar-refractivity contribution < 1.29 is 19.4 Å². The first kappa shape index (κ1) is 16.0. The number of ether oxygens (including phenoxy) is 1. The molecule has 2 rings (SSSR count). The Labute approximate surface area is 132 Å². The van der Waals surface area contributed by atoms with Crippen LogP contribution in [-0.4, -0.2) is 42.1 Å². The van der Waals surface area contributed by atoms with E-state index in [1.807, 2.05) is 24.3 Å². The summed E-state index contributed by atoms with van der Waals surface area (Å²) in [6.45, 7) is 0.782. The number of carboxylic acids is 1. The van der Waals surface area contributed by atoms with Gasteiger partial charge in [0.15, 0.2) is 0 Å². The van der Waals surface area contributed by atoms with Gasteiger partial charge in [0.25, 0.3) is 0 Å². The quantitative estimate of drug-likeness (QED) is 0.880. The molecule has 0 aromatic heterocycles. The third-order valence-corrected chi connectivity index (χ3v) is 4.51. The Bertz CT molecular complexity index is 534. The number of hydrogen-bond acceptors (Lipinski definition) is 3. The van der Waals surface area contributed by atoms with E-state index in [4.69, 9.17) is 4.74 Å². The number of carbonyl (C=O) groups is 2. The van der Waals surface area contributed by atoms with E-state index in [1.54, 1.807) is 12.0 Å². The molecule has 0 radical (unpaired) electrons. The summed E-state index contributed by atoms with van der Waals surface area (Å²) in [7, 11) is 1.57. The van der Waals surface area contributed by atoms with Crippen LogP contribution in [0, 0.1) is 5.92 Å². The van der Waals surface area contributed by atoms with Crippen molar-refractivity contribution >= 4 is 27.8 Å². The minimum Gasteiger partial charge on any atom is -0.481 e. The predicted molar refractivity (Wildman–Crippen MR) is 80.8 cm³/mol. The lowest BCUT2D eigenvalue weighted by Crippen LogP contribution is -2.46. The van der Waals surface area contributed by atoms with Crippen LogP contribution in [0.5, 0.6) is 0 Å². The number of aliphatic carboxylic acids is 1. The largest absolute Gasteiger partial charge is 0.481 e. The summed E-state index contributed by atoms with van der Waals surface area (Å²) in [4.78, 5) is 25.4. The summed E-state index contributed by atoms with van der Waals surface area (Å²) >= 11 is 3.46. The number of piperidine rings is 1. The van der Waals surface area contributed by atoms with Crippen molar-refractivity contribution in [1.29, 1.82) is 0 Å². The van der Waals surface area contributed by atoms with Crippen LogP contribution in [0.1, 0.15) is 24.4 Å². The maximum atomic E-state index is 12.2. The smallest absolute Gasteiger partial charge is 0.308 e. The second-order valence-corrected chi connectivity index (χ2v) is 5.88. The summed E-state index contributed by atoms with van der Waals surface area (Å²) in [5, 5.41) is 9.51. The standard InChI is InChI=1S/C15H18BrNO4/c1-21-9-8-17-13(18)7-6-11(15(19)20)14(17)10-4-2-3-5-12(10)16/h2-5,11,14H,6-9H2,1H3,(H,19,20). The van der Waals surface area contributed by atoms with Gasteiger partial charge in [0.05, 0.1) is 18.6 Å². The molecule has 1 aliphatic heterocycles. The van der Waals surface area contributed by atoms with Crippen molar-refractivity contribution in [2.75, 3.05) is 20.3 Å². The zero-order valence-corrected chi connectivity index (χ0v) is 13.4. The molecule has 1 amide bonds. The van der Waals surface area contributed by atoms with Gasteiger partial charge in [-0.2, -0.15) is 0 Å². The van der Waals surface area contributed by atoms with E-state index in [-0.39, 0.29) is 12.3 Å². The van der Waals surface area contributed by atoms with Crippen molar-refractivity contribution in [3.05, 3.63) is 34.3 Å². The number of halogens is 1. The molecule has 1 aliphatic rings. The normalized spacial score (nSPS) is 22.4.